The number of hydrogen-bond acceptors (Lipinski definition) is 3. The summed E-state index contributed by atoms with van der Waals surface area (Å²) in [6.45, 7) is 9.03. The molecule has 2 saturated heterocycles. The molecule has 4 nitrogen and oxygen atoms in total. The van der Waals surface area contributed by atoms with Gasteiger partial charge < -0.3 is 15.0 Å². The molecule has 0 bridgehead atoms. The van der Waals surface area contributed by atoms with Gasteiger partial charge in [0.05, 0.1) is 6.10 Å². The van der Waals surface area contributed by atoms with Crippen LogP contribution in [0.3, 0.4) is 0 Å². The summed E-state index contributed by atoms with van der Waals surface area (Å²) in [5, 5.41) is 3.45. The lowest BCUT2D eigenvalue weighted by Crippen LogP contribution is -2.42. The second kappa shape index (κ2) is 7.99. The fraction of sp³-hybridized carbons (Fsp3) is 0.938. The Labute approximate surface area is 123 Å². The minimum Gasteiger partial charge on any atom is -0.378 e. The Morgan fingerprint density at radius 3 is 2.70 bits per heavy atom. The molecule has 2 atom stereocenters. The molecule has 2 fully saturated rings. The molecular formula is C16H30N2O2. The molecule has 2 unspecified atom stereocenters. The van der Waals surface area contributed by atoms with Crippen molar-refractivity contribution >= 4 is 5.91 Å². The molecule has 20 heavy (non-hydrogen) atoms. The number of carbonyl (C=O) groups excluding carboxylic acids is 1. The van der Waals surface area contributed by atoms with E-state index in [1.807, 2.05) is 11.8 Å². The molecule has 0 radical (unpaired) electrons. The fourth-order valence-electron chi connectivity index (χ4n) is 3.44. The predicted octanol–water partition coefficient (Wildman–Crippen LogP) is 2.04. The van der Waals surface area contributed by atoms with Crippen molar-refractivity contribution in [2.24, 2.45) is 11.8 Å². The molecule has 0 aliphatic carbocycles. The minimum absolute atomic E-state index is 0.345. The molecule has 0 aromatic carbocycles. The molecule has 1 amide bonds. The number of nitrogens with one attached hydrogen (secondary N) is 1. The van der Waals surface area contributed by atoms with E-state index in [0.29, 0.717) is 30.3 Å². The molecule has 2 aliphatic heterocycles. The van der Waals surface area contributed by atoms with Gasteiger partial charge in [-0.15, -0.1) is 0 Å². The standard InChI is InChI=1S/C16H30N2O2/c1-3-20-15-6-9-18(10-7-15)16(19)11-13(2)14-5-4-8-17-12-14/h13-15,17H,3-12H2,1-2H3. The zero-order chi connectivity index (χ0) is 14.4. The Morgan fingerprint density at radius 2 is 2.10 bits per heavy atom. The monoisotopic (exact) mass is 282 g/mol. The van der Waals surface area contributed by atoms with Crippen LogP contribution in [0.4, 0.5) is 0 Å². The zero-order valence-electron chi connectivity index (χ0n) is 13.1. The summed E-state index contributed by atoms with van der Waals surface area (Å²) in [5.41, 5.74) is 0. The number of amides is 1. The van der Waals surface area contributed by atoms with Crippen LogP contribution in [0, 0.1) is 11.8 Å². The Balaban J connectivity index is 1.71. The minimum atomic E-state index is 0.345. The summed E-state index contributed by atoms with van der Waals surface area (Å²) in [6, 6.07) is 0. The highest BCUT2D eigenvalue weighted by molar-refractivity contribution is 5.76. The van der Waals surface area contributed by atoms with Crippen molar-refractivity contribution in [2.75, 3.05) is 32.8 Å². The lowest BCUT2D eigenvalue weighted by molar-refractivity contribution is -0.135. The van der Waals surface area contributed by atoms with Gasteiger partial charge in [-0.3, -0.25) is 4.79 Å². The van der Waals surface area contributed by atoms with Crippen LogP contribution in [0.1, 0.15) is 46.0 Å². The summed E-state index contributed by atoms with van der Waals surface area (Å²) in [7, 11) is 0. The van der Waals surface area contributed by atoms with Crippen LogP contribution >= 0.6 is 0 Å². The van der Waals surface area contributed by atoms with E-state index < -0.39 is 0 Å². The van der Waals surface area contributed by atoms with Gasteiger partial charge in [0, 0.05) is 26.1 Å². The van der Waals surface area contributed by atoms with Crippen molar-refractivity contribution in [1.29, 1.82) is 0 Å². The third-order valence-corrected chi connectivity index (χ3v) is 4.83. The number of ether oxygens (including phenoxy) is 1. The third kappa shape index (κ3) is 4.45. The molecule has 0 saturated carbocycles. The SMILES string of the molecule is CCOC1CCN(C(=O)CC(C)C2CCCNC2)CC1. The van der Waals surface area contributed by atoms with Gasteiger partial charge in [0.25, 0.3) is 0 Å². The lowest BCUT2D eigenvalue weighted by atomic mass is 9.85. The number of rotatable bonds is 5. The smallest absolute Gasteiger partial charge is 0.222 e. The van der Waals surface area contributed by atoms with Crippen LogP contribution in [0.2, 0.25) is 0 Å². The number of hydrogen-bond donors (Lipinski definition) is 1. The van der Waals surface area contributed by atoms with Crippen LogP contribution in [-0.4, -0.2) is 49.7 Å². The first-order valence-electron chi connectivity index (χ1n) is 8.30. The molecule has 2 rings (SSSR count). The van der Waals surface area contributed by atoms with Gasteiger partial charge in [-0.2, -0.15) is 0 Å². The predicted molar refractivity (Wildman–Crippen MR) is 80.6 cm³/mol. The number of piperidine rings is 2. The molecule has 116 valence electrons. The van der Waals surface area contributed by atoms with Gasteiger partial charge in [0.15, 0.2) is 0 Å². The number of nitrogens with zero attached hydrogens (tertiary/aromatic N) is 1. The molecule has 0 aromatic rings. The first-order valence-corrected chi connectivity index (χ1v) is 8.30. The molecule has 2 aliphatic rings. The third-order valence-electron chi connectivity index (χ3n) is 4.83. The Kier molecular flexibility index (Phi) is 6.30. The average molecular weight is 282 g/mol. The van der Waals surface area contributed by atoms with E-state index in [0.717, 1.165) is 45.6 Å². The maximum Gasteiger partial charge on any atom is 0.222 e. The molecule has 0 aromatic heterocycles. The Bertz CT molecular complexity index is 295. The summed E-state index contributed by atoms with van der Waals surface area (Å²) >= 11 is 0. The van der Waals surface area contributed by atoms with Crippen molar-refractivity contribution < 1.29 is 9.53 Å². The van der Waals surface area contributed by atoms with Gasteiger partial charge in [-0.1, -0.05) is 6.92 Å². The number of likely N-dealkylation sites (tertiary alicyclic amines) is 1. The molecule has 1 N–H and O–H groups in total. The van der Waals surface area contributed by atoms with E-state index in [1.165, 1.54) is 12.8 Å². The van der Waals surface area contributed by atoms with Crippen molar-refractivity contribution in [2.45, 2.75) is 52.1 Å². The second-order valence-corrected chi connectivity index (χ2v) is 6.32. The average Bonchev–Trinajstić information content (AvgIpc) is 2.49. The van der Waals surface area contributed by atoms with E-state index in [2.05, 4.69) is 12.2 Å². The van der Waals surface area contributed by atoms with Crippen LogP contribution in [-0.2, 0) is 9.53 Å². The van der Waals surface area contributed by atoms with Crippen LogP contribution < -0.4 is 5.32 Å². The Hall–Kier alpha value is -0.610. The maximum atomic E-state index is 12.4. The Morgan fingerprint density at radius 1 is 1.35 bits per heavy atom. The summed E-state index contributed by atoms with van der Waals surface area (Å²) in [4.78, 5) is 14.4. The molecule has 0 spiro atoms. The summed E-state index contributed by atoms with van der Waals surface area (Å²) in [6.07, 6.45) is 5.60. The number of carbonyl (C=O) groups is 1. The van der Waals surface area contributed by atoms with Gasteiger partial charge in [-0.05, 0) is 57.5 Å². The van der Waals surface area contributed by atoms with E-state index in [1.54, 1.807) is 0 Å². The van der Waals surface area contributed by atoms with Gasteiger partial charge in [0.1, 0.15) is 0 Å². The maximum absolute atomic E-state index is 12.4. The first-order chi connectivity index (χ1) is 9.70. The van der Waals surface area contributed by atoms with Crippen LogP contribution in [0.15, 0.2) is 0 Å². The highest BCUT2D eigenvalue weighted by Gasteiger charge is 2.27. The van der Waals surface area contributed by atoms with Crippen LogP contribution in [0.5, 0.6) is 0 Å². The lowest BCUT2D eigenvalue weighted by Gasteiger charge is -2.34. The van der Waals surface area contributed by atoms with Crippen LogP contribution in [0.25, 0.3) is 0 Å². The molecule has 2 heterocycles. The first kappa shape index (κ1) is 15.8. The normalized spacial score (nSPS) is 26.5. The topological polar surface area (TPSA) is 41.6 Å². The largest absolute Gasteiger partial charge is 0.378 e. The van der Waals surface area contributed by atoms with E-state index in [-0.39, 0.29) is 0 Å². The van der Waals surface area contributed by atoms with E-state index in [9.17, 15) is 4.79 Å². The highest BCUT2D eigenvalue weighted by atomic mass is 16.5. The van der Waals surface area contributed by atoms with Crippen molar-refractivity contribution in [3.63, 3.8) is 0 Å². The second-order valence-electron chi connectivity index (χ2n) is 6.32. The van der Waals surface area contributed by atoms with Crippen molar-refractivity contribution in [3.8, 4) is 0 Å². The zero-order valence-corrected chi connectivity index (χ0v) is 13.1. The molecular weight excluding hydrogens is 252 g/mol. The molecule has 4 heteroatoms. The van der Waals surface area contributed by atoms with Crippen molar-refractivity contribution in [3.05, 3.63) is 0 Å². The van der Waals surface area contributed by atoms with Gasteiger partial charge in [0.2, 0.25) is 5.91 Å². The van der Waals surface area contributed by atoms with Gasteiger partial charge >= 0.3 is 0 Å². The summed E-state index contributed by atoms with van der Waals surface area (Å²) in [5.74, 6) is 1.52. The summed E-state index contributed by atoms with van der Waals surface area (Å²) < 4.78 is 5.64. The fourth-order valence-corrected chi connectivity index (χ4v) is 3.44. The van der Waals surface area contributed by atoms with Crippen molar-refractivity contribution in [1.82, 2.24) is 10.2 Å². The quantitative estimate of drug-likeness (QED) is 0.839. The van der Waals surface area contributed by atoms with Gasteiger partial charge in [-0.25, -0.2) is 0 Å². The van der Waals surface area contributed by atoms with E-state index >= 15 is 0 Å². The highest BCUT2D eigenvalue weighted by Crippen LogP contribution is 2.24. The van der Waals surface area contributed by atoms with E-state index in [4.69, 9.17) is 4.74 Å².